The number of carbonyl (C=O) groups excluding carboxylic acids is 2. The fourth-order valence-electron chi connectivity index (χ4n) is 2.82. The zero-order valence-corrected chi connectivity index (χ0v) is 13.6. The second-order valence-electron chi connectivity index (χ2n) is 5.73. The molecule has 0 saturated carbocycles. The highest BCUT2D eigenvalue weighted by Gasteiger charge is 2.22. The number of para-hydroxylation sites is 1. The Bertz CT molecular complexity index is 705. The van der Waals surface area contributed by atoms with E-state index in [0.717, 1.165) is 13.1 Å². The number of esters is 1. The largest absolute Gasteiger partial charge is 0.427 e. The van der Waals surface area contributed by atoms with Crippen LogP contribution in [0, 0.1) is 0 Å². The van der Waals surface area contributed by atoms with Crippen LogP contribution in [0.15, 0.2) is 54.6 Å². The van der Waals surface area contributed by atoms with Gasteiger partial charge in [-0.05, 0) is 36.4 Å². The molecule has 5 nitrogen and oxygen atoms in total. The molecular weight excluding hydrogens is 304 g/mol. The van der Waals surface area contributed by atoms with Crippen molar-refractivity contribution in [2.75, 3.05) is 31.1 Å². The molecule has 0 aromatic heterocycles. The van der Waals surface area contributed by atoms with Gasteiger partial charge in [-0.1, -0.05) is 18.2 Å². The van der Waals surface area contributed by atoms with Crippen molar-refractivity contribution in [2.24, 2.45) is 0 Å². The number of hydrogen-bond donors (Lipinski definition) is 0. The topological polar surface area (TPSA) is 49.9 Å². The normalized spacial score (nSPS) is 14.4. The molecule has 0 unspecified atom stereocenters. The molecule has 24 heavy (non-hydrogen) atoms. The van der Waals surface area contributed by atoms with E-state index >= 15 is 0 Å². The Kier molecular flexibility index (Phi) is 4.79. The van der Waals surface area contributed by atoms with Crippen LogP contribution in [0.5, 0.6) is 5.75 Å². The Morgan fingerprint density at radius 1 is 0.875 bits per heavy atom. The molecule has 1 heterocycles. The van der Waals surface area contributed by atoms with Gasteiger partial charge in [-0.15, -0.1) is 0 Å². The minimum absolute atomic E-state index is 0.0112. The maximum Gasteiger partial charge on any atom is 0.308 e. The molecule has 0 atom stereocenters. The van der Waals surface area contributed by atoms with Gasteiger partial charge in [-0.25, -0.2) is 0 Å². The van der Waals surface area contributed by atoms with Crippen LogP contribution in [0.2, 0.25) is 0 Å². The second-order valence-corrected chi connectivity index (χ2v) is 5.73. The first kappa shape index (κ1) is 16.1. The van der Waals surface area contributed by atoms with E-state index in [-0.39, 0.29) is 11.9 Å². The van der Waals surface area contributed by atoms with E-state index in [2.05, 4.69) is 17.0 Å². The Hall–Kier alpha value is -2.82. The molecule has 2 aromatic rings. The van der Waals surface area contributed by atoms with E-state index in [1.807, 2.05) is 23.1 Å². The fourth-order valence-corrected chi connectivity index (χ4v) is 2.82. The number of hydrogen-bond acceptors (Lipinski definition) is 4. The number of amides is 1. The van der Waals surface area contributed by atoms with Gasteiger partial charge in [0.25, 0.3) is 5.91 Å². The lowest BCUT2D eigenvalue weighted by atomic mass is 10.1. The Morgan fingerprint density at radius 3 is 2.08 bits per heavy atom. The van der Waals surface area contributed by atoms with Gasteiger partial charge in [0.15, 0.2) is 0 Å². The van der Waals surface area contributed by atoms with Crippen molar-refractivity contribution in [1.29, 1.82) is 0 Å². The van der Waals surface area contributed by atoms with Gasteiger partial charge in [0.1, 0.15) is 5.75 Å². The highest BCUT2D eigenvalue weighted by atomic mass is 16.5. The summed E-state index contributed by atoms with van der Waals surface area (Å²) < 4.78 is 4.99. The van der Waals surface area contributed by atoms with Crippen LogP contribution in [-0.4, -0.2) is 43.0 Å². The summed E-state index contributed by atoms with van der Waals surface area (Å²) in [4.78, 5) is 27.6. The van der Waals surface area contributed by atoms with Gasteiger partial charge in [0.2, 0.25) is 0 Å². The van der Waals surface area contributed by atoms with E-state index in [1.54, 1.807) is 24.3 Å². The second kappa shape index (κ2) is 7.17. The van der Waals surface area contributed by atoms with Crippen LogP contribution in [0.25, 0.3) is 0 Å². The summed E-state index contributed by atoms with van der Waals surface area (Å²) >= 11 is 0. The smallest absolute Gasteiger partial charge is 0.308 e. The van der Waals surface area contributed by atoms with Crippen molar-refractivity contribution in [1.82, 2.24) is 4.90 Å². The molecule has 0 spiro atoms. The predicted molar refractivity (Wildman–Crippen MR) is 92.3 cm³/mol. The van der Waals surface area contributed by atoms with Gasteiger partial charge in [0, 0.05) is 44.4 Å². The van der Waals surface area contributed by atoms with E-state index in [1.165, 1.54) is 12.6 Å². The van der Waals surface area contributed by atoms with Crippen molar-refractivity contribution in [2.45, 2.75) is 6.92 Å². The maximum atomic E-state index is 12.6. The molecule has 0 bridgehead atoms. The maximum absolute atomic E-state index is 12.6. The predicted octanol–water partition coefficient (Wildman–Crippen LogP) is 2.57. The Balaban J connectivity index is 1.60. The highest BCUT2D eigenvalue weighted by Crippen LogP contribution is 2.18. The average Bonchev–Trinajstić information content (AvgIpc) is 2.62. The van der Waals surface area contributed by atoms with Crippen LogP contribution in [0.3, 0.4) is 0 Å². The number of nitrogens with zero attached hydrogens (tertiary/aromatic N) is 2. The van der Waals surface area contributed by atoms with Crippen LogP contribution in [-0.2, 0) is 4.79 Å². The van der Waals surface area contributed by atoms with Crippen LogP contribution < -0.4 is 9.64 Å². The monoisotopic (exact) mass is 324 g/mol. The van der Waals surface area contributed by atoms with E-state index in [9.17, 15) is 9.59 Å². The Labute approximate surface area is 141 Å². The molecule has 1 fully saturated rings. The third-order valence-electron chi connectivity index (χ3n) is 4.05. The minimum Gasteiger partial charge on any atom is -0.427 e. The average molecular weight is 324 g/mol. The van der Waals surface area contributed by atoms with Crippen molar-refractivity contribution in [3.05, 3.63) is 60.2 Å². The number of rotatable bonds is 3. The number of anilines is 1. The highest BCUT2D eigenvalue weighted by molar-refractivity contribution is 5.94. The molecule has 1 aliphatic rings. The molecule has 2 aromatic carbocycles. The first-order chi connectivity index (χ1) is 11.6. The SMILES string of the molecule is CC(=O)Oc1ccc(C(=O)N2CCN(c3ccccc3)CC2)cc1. The minimum atomic E-state index is -0.369. The van der Waals surface area contributed by atoms with E-state index in [4.69, 9.17) is 4.74 Å². The number of benzene rings is 2. The van der Waals surface area contributed by atoms with E-state index < -0.39 is 0 Å². The van der Waals surface area contributed by atoms with Gasteiger partial charge < -0.3 is 14.5 Å². The molecule has 124 valence electrons. The lowest BCUT2D eigenvalue weighted by Gasteiger charge is -2.36. The summed E-state index contributed by atoms with van der Waals surface area (Å²) in [5, 5.41) is 0. The van der Waals surface area contributed by atoms with Crippen LogP contribution in [0.1, 0.15) is 17.3 Å². The lowest BCUT2D eigenvalue weighted by molar-refractivity contribution is -0.131. The molecule has 0 radical (unpaired) electrons. The van der Waals surface area contributed by atoms with Crippen molar-refractivity contribution in [3.8, 4) is 5.75 Å². The third-order valence-corrected chi connectivity index (χ3v) is 4.05. The molecule has 3 rings (SSSR count). The van der Waals surface area contributed by atoms with Crippen molar-refractivity contribution in [3.63, 3.8) is 0 Å². The van der Waals surface area contributed by atoms with Gasteiger partial charge in [-0.2, -0.15) is 0 Å². The standard InChI is InChI=1S/C19H20N2O3/c1-15(22)24-18-9-7-16(8-10-18)19(23)21-13-11-20(12-14-21)17-5-3-2-4-6-17/h2-10H,11-14H2,1H3. The Morgan fingerprint density at radius 2 is 1.50 bits per heavy atom. The van der Waals surface area contributed by atoms with Crippen molar-refractivity contribution < 1.29 is 14.3 Å². The zero-order valence-electron chi connectivity index (χ0n) is 13.6. The summed E-state index contributed by atoms with van der Waals surface area (Å²) in [6.45, 7) is 4.38. The lowest BCUT2D eigenvalue weighted by Crippen LogP contribution is -2.48. The summed E-state index contributed by atoms with van der Waals surface area (Å²) in [6, 6.07) is 16.9. The van der Waals surface area contributed by atoms with E-state index in [0.29, 0.717) is 24.4 Å². The van der Waals surface area contributed by atoms with Crippen molar-refractivity contribution >= 4 is 17.6 Å². The first-order valence-corrected chi connectivity index (χ1v) is 8.01. The summed E-state index contributed by atoms with van der Waals surface area (Å²) in [6.07, 6.45) is 0. The molecule has 1 amide bonds. The molecular formula is C19H20N2O3. The van der Waals surface area contributed by atoms with Gasteiger partial charge >= 0.3 is 5.97 Å². The van der Waals surface area contributed by atoms with Crippen LogP contribution in [0.4, 0.5) is 5.69 Å². The zero-order chi connectivity index (χ0) is 16.9. The third kappa shape index (κ3) is 3.74. The molecule has 0 aliphatic carbocycles. The molecule has 0 N–H and O–H groups in total. The summed E-state index contributed by atoms with van der Waals surface area (Å²) in [7, 11) is 0. The number of ether oxygens (including phenoxy) is 1. The quantitative estimate of drug-likeness (QED) is 0.643. The number of piperazine rings is 1. The first-order valence-electron chi connectivity index (χ1n) is 8.01. The fraction of sp³-hybridized carbons (Fsp3) is 0.263. The number of carbonyl (C=O) groups is 2. The molecule has 1 aliphatic heterocycles. The van der Waals surface area contributed by atoms with Gasteiger partial charge in [0.05, 0.1) is 0 Å². The van der Waals surface area contributed by atoms with Crippen LogP contribution >= 0.6 is 0 Å². The summed E-state index contributed by atoms with van der Waals surface area (Å²) in [5.74, 6) is 0.0937. The van der Waals surface area contributed by atoms with Gasteiger partial charge in [-0.3, -0.25) is 9.59 Å². The molecule has 5 heteroatoms. The summed E-state index contributed by atoms with van der Waals surface area (Å²) in [5.41, 5.74) is 1.80. The molecule has 1 saturated heterocycles.